The number of carboxylic acids is 1. The minimum atomic E-state index is -0.908. The minimum Gasteiger partial charge on any atom is -0.490 e. The van der Waals surface area contributed by atoms with Gasteiger partial charge < -0.3 is 24.6 Å². The van der Waals surface area contributed by atoms with E-state index in [-0.39, 0.29) is 12.3 Å². The Morgan fingerprint density at radius 1 is 1.00 bits per heavy atom. The van der Waals surface area contributed by atoms with Crippen molar-refractivity contribution in [1.29, 1.82) is 0 Å². The molecule has 0 spiro atoms. The van der Waals surface area contributed by atoms with Crippen molar-refractivity contribution in [3.63, 3.8) is 0 Å². The van der Waals surface area contributed by atoms with E-state index in [4.69, 9.17) is 14.2 Å². The molecule has 0 radical (unpaired) electrons. The zero-order valence-corrected chi connectivity index (χ0v) is 16.3. The fourth-order valence-corrected chi connectivity index (χ4v) is 3.52. The highest BCUT2D eigenvalue weighted by Crippen LogP contribution is 2.40. The number of carbonyl (C=O) groups is 2. The van der Waals surface area contributed by atoms with Gasteiger partial charge in [-0.3, -0.25) is 9.59 Å². The maximum atomic E-state index is 12.9. The average molecular weight is 379 g/mol. The van der Waals surface area contributed by atoms with Gasteiger partial charge in [0.1, 0.15) is 0 Å². The number of aliphatic carboxylic acids is 1. The number of ether oxygens (including phenoxy) is 3. The molecule has 0 heterocycles. The van der Waals surface area contributed by atoms with Crippen molar-refractivity contribution in [2.24, 2.45) is 0 Å². The normalized spacial score (nSPS) is 15.2. The Bertz CT molecular complexity index is 639. The van der Waals surface area contributed by atoms with Crippen LogP contribution < -0.4 is 19.5 Å². The standard InChI is InChI=1S/C20H29NO6/c1-4-25-15-11-14(12-16(26-5-2)18(15)27-6-3)19(24)21-20(13-17(22)23)9-7-8-10-20/h11-12H,4-10,13H2,1-3H3,(H,21,24)(H,22,23). The molecule has 1 aromatic rings. The first-order valence-electron chi connectivity index (χ1n) is 9.55. The van der Waals surface area contributed by atoms with E-state index in [0.717, 1.165) is 12.8 Å². The van der Waals surface area contributed by atoms with Crippen molar-refractivity contribution in [3.8, 4) is 17.2 Å². The first kappa shape index (κ1) is 20.9. The van der Waals surface area contributed by atoms with Crippen LogP contribution in [-0.2, 0) is 4.79 Å². The highest BCUT2D eigenvalue weighted by Gasteiger charge is 2.38. The van der Waals surface area contributed by atoms with E-state index in [1.807, 2.05) is 20.8 Å². The third kappa shape index (κ3) is 5.28. The van der Waals surface area contributed by atoms with Gasteiger partial charge in [-0.2, -0.15) is 0 Å². The van der Waals surface area contributed by atoms with Crippen LogP contribution in [0.15, 0.2) is 12.1 Å². The Hall–Kier alpha value is -2.44. The molecule has 1 fully saturated rings. The summed E-state index contributed by atoms with van der Waals surface area (Å²) in [6.07, 6.45) is 3.07. The van der Waals surface area contributed by atoms with Crippen molar-refractivity contribution in [2.75, 3.05) is 19.8 Å². The summed E-state index contributed by atoms with van der Waals surface area (Å²) >= 11 is 0. The summed E-state index contributed by atoms with van der Waals surface area (Å²) in [5, 5.41) is 12.2. The molecule has 1 aromatic carbocycles. The van der Waals surface area contributed by atoms with Crippen LogP contribution >= 0.6 is 0 Å². The Morgan fingerprint density at radius 3 is 1.96 bits per heavy atom. The third-order valence-corrected chi connectivity index (χ3v) is 4.60. The smallest absolute Gasteiger partial charge is 0.305 e. The molecule has 2 rings (SSSR count). The first-order valence-corrected chi connectivity index (χ1v) is 9.55. The van der Waals surface area contributed by atoms with Crippen LogP contribution in [0.5, 0.6) is 17.2 Å². The topological polar surface area (TPSA) is 94.1 Å². The van der Waals surface area contributed by atoms with E-state index in [9.17, 15) is 14.7 Å². The fraction of sp³-hybridized carbons (Fsp3) is 0.600. The van der Waals surface area contributed by atoms with Gasteiger partial charge in [-0.25, -0.2) is 0 Å². The fourth-order valence-electron chi connectivity index (χ4n) is 3.52. The molecule has 150 valence electrons. The van der Waals surface area contributed by atoms with Gasteiger partial charge in [-0.1, -0.05) is 12.8 Å². The summed E-state index contributed by atoms with van der Waals surface area (Å²) in [6, 6.07) is 3.24. The first-order chi connectivity index (χ1) is 12.9. The predicted molar refractivity (Wildman–Crippen MR) is 101 cm³/mol. The number of carbonyl (C=O) groups excluding carboxylic acids is 1. The Labute approximate surface area is 160 Å². The number of hydrogen-bond donors (Lipinski definition) is 2. The lowest BCUT2D eigenvalue weighted by atomic mass is 9.92. The van der Waals surface area contributed by atoms with Crippen LogP contribution in [0, 0.1) is 0 Å². The quantitative estimate of drug-likeness (QED) is 0.647. The monoisotopic (exact) mass is 379 g/mol. The minimum absolute atomic E-state index is 0.0770. The van der Waals surface area contributed by atoms with Crippen LogP contribution in [0.2, 0.25) is 0 Å². The molecule has 0 unspecified atom stereocenters. The van der Waals surface area contributed by atoms with Gasteiger partial charge in [0, 0.05) is 5.56 Å². The summed E-state index contributed by atoms with van der Waals surface area (Å²) in [6.45, 7) is 6.83. The van der Waals surface area contributed by atoms with E-state index >= 15 is 0 Å². The molecule has 7 nitrogen and oxygen atoms in total. The van der Waals surface area contributed by atoms with Gasteiger partial charge in [-0.05, 0) is 45.7 Å². The number of amides is 1. The largest absolute Gasteiger partial charge is 0.490 e. The molecular formula is C20H29NO6. The summed E-state index contributed by atoms with van der Waals surface area (Å²) in [7, 11) is 0. The zero-order valence-electron chi connectivity index (χ0n) is 16.3. The van der Waals surface area contributed by atoms with Crippen molar-refractivity contribution in [3.05, 3.63) is 17.7 Å². The molecule has 0 atom stereocenters. The highest BCUT2D eigenvalue weighted by molar-refractivity contribution is 5.96. The molecule has 7 heteroatoms. The molecule has 1 aliphatic carbocycles. The van der Waals surface area contributed by atoms with E-state index < -0.39 is 11.5 Å². The molecule has 1 saturated carbocycles. The van der Waals surface area contributed by atoms with Gasteiger partial charge in [0.15, 0.2) is 11.5 Å². The maximum absolute atomic E-state index is 12.9. The third-order valence-electron chi connectivity index (χ3n) is 4.60. The number of benzene rings is 1. The van der Waals surface area contributed by atoms with Gasteiger partial charge in [-0.15, -0.1) is 0 Å². The van der Waals surface area contributed by atoms with Gasteiger partial charge in [0.05, 0.1) is 31.8 Å². The molecule has 1 aliphatic rings. The Balaban J connectivity index is 2.35. The Morgan fingerprint density at radius 2 is 1.52 bits per heavy atom. The number of carboxylic acid groups (broad SMARTS) is 1. The second-order valence-electron chi connectivity index (χ2n) is 6.61. The Kier molecular flexibility index (Phi) is 7.33. The van der Waals surface area contributed by atoms with Gasteiger partial charge >= 0.3 is 5.97 Å². The van der Waals surface area contributed by atoms with E-state index in [0.29, 0.717) is 55.5 Å². The highest BCUT2D eigenvalue weighted by atomic mass is 16.5. The van der Waals surface area contributed by atoms with Gasteiger partial charge in [0.25, 0.3) is 5.91 Å². The van der Waals surface area contributed by atoms with E-state index in [2.05, 4.69) is 5.32 Å². The lowest BCUT2D eigenvalue weighted by Gasteiger charge is -2.29. The lowest BCUT2D eigenvalue weighted by Crippen LogP contribution is -2.47. The molecule has 1 amide bonds. The second kappa shape index (κ2) is 9.48. The molecule has 0 aliphatic heterocycles. The predicted octanol–water partition coefficient (Wildman–Crippen LogP) is 3.40. The zero-order chi connectivity index (χ0) is 19.9. The maximum Gasteiger partial charge on any atom is 0.305 e. The van der Waals surface area contributed by atoms with Crippen molar-refractivity contribution < 1.29 is 28.9 Å². The summed E-state index contributed by atoms with van der Waals surface area (Å²) in [5.41, 5.74) is -0.332. The van der Waals surface area contributed by atoms with Crippen molar-refractivity contribution in [2.45, 2.75) is 58.4 Å². The number of nitrogens with one attached hydrogen (secondary N) is 1. The summed E-state index contributed by atoms with van der Waals surface area (Å²) in [4.78, 5) is 24.2. The van der Waals surface area contributed by atoms with E-state index in [1.54, 1.807) is 12.1 Å². The second-order valence-corrected chi connectivity index (χ2v) is 6.61. The van der Waals surface area contributed by atoms with Gasteiger partial charge in [0.2, 0.25) is 5.75 Å². The SMILES string of the molecule is CCOc1cc(C(=O)NC2(CC(=O)O)CCCC2)cc(OCC)c1OCC. The molecule has 0 bridgehead atoms. The van der Waals surface area contributed by atoms with Crippen LogP contribution in [0.1, 0.15) is 63.2 Å². The molecule has 27 heavy (non-hydrogen) atoms. The van der Waals surface area contributed by atoms with Crippen LogP contribution in [-0.4, -0.2) is 42.3 Å². The van der Waals surface area contributed by atoms with Crippen LogP contribution in [0.3, 0.4) is 0 Å². The average Bonchev–Trinajstić information content (AvgIpc) is 3.05. The number of rotatable bonds is 10. The number of hydrogen-bond acceptors (Lipinski definition) is 5. The van der Waals surface area contributed by atoms with Crippen molar-refractivity contribution in [1.82, 2.24) is 5.32 Å². The van der Waals surface area contributed by atoms with Crippen LogP contribution in [0.25, 0.3) is 0 Å². The summed E-state index contributed by atoms with van der Waals surface area (Å²) in [5.74, 6) is 0.110. The molecule has 0 aromatic heterocycles. The van der Waals surface area contributed by atoms with Crippen LogP contribution in [0.4, 0.5) is 0 Å². The summed E-state index contributed by atoms with van der Waals surface area (Å²) < 4.78 is 17.0. The molecule has 0 saturated heterocycles. The van der Waals surface area contributed by atoms with E-state index in [1.165, 1.54) is 0 Å². The lowest BCUT2D eigenvalue weighted by molar-refractivity contribution is -0.138. The molecule has 2 N–H and O–H groups in total. The molecular weight excluding hydrogens is 350 g/mol. The van der Waals surface area contributed by atoms with Crippen molar-refractivity contribution >= 4 is 11.9 Å².